The van der Waals surface area contributed by atoms with Crippen molar-refractivity contribution < 1.29 is 4.74 Å². The molecule has 2 aromatic heterocycles. The minimum absolute atomic E-state index is 0.187. The van der Waals surface area contributed by atoms with Gasteiger partial charge in [-0.05, 0) is 160 Å². The molecular weight excluding hydrogens is 1180 g/mol. The smallest absolute Gasteiger partial charge is 0.256 e. The van der Waals surface area contributed by atoms with Gasteiger partial charge in [0.1, 0.15) is 11.5 Å². The zero-order chi connectivity index (χ0) is 61.5. The van der Waals surface area contributed by atoms with Gasteiger partial charge in [0.05, 0.1) is 27.4 Å². The first-order valence-corrected chi connectivity index (χ1v) is 33.8. The maximum Gasteiger partial charge on any atom is 0.256 e. The van der Waals surface area contributed by atoms with Crippen molar-refractivity contribution in [2.24, 2.45) is 0 Å². The van der Waals surface area contributed by atoms with Gasteiger partial charge in [-0.2, -0.15) is 0 Å². The van der Waals surface area contributed by atoms with Gasteiger partial charge < -0.3 is 29.2 Å². The van der Waals surface area contributed by atoms with E-state index in [1.807, 2.05) is 22.7 Å². The number of fused-ring (bicyclic) bond motifs is 14. The lowest BCUT2D eigenvalue weighted by Gasteiger charge is -2.47. The molecule has 0 aliphatic carbocycles. The minimum Gasteiger partial charge on any atom is -0.458 e. The van der Waals surface area contributed by atoms with Crippen molar-refractivity contribution in [3.05, 3.63) is 322 Å². The van der Waals surface area contributed by atoms with E-state index in [9.17, 15) is 0 Å². The predicted molar refractivity (Wildman–Crippen MR) is 401 cm³/mol. The molecule has 20 rings (SSSR count). The van der Waals surface area contributed by atoms with Crippen LogP contribution in [-0.4, -0.2) is 13.4 Å². The Kier molecular flexibility index (Phi) is 11.9. The van der Waals surface area contributed by atoms with Crippen LogP contribution in [0.1, 0.15) is 0 Å². The lowest BCUT2D eigenvalue weighted by Crippen LogP contribution is -2.64. The fraction of sp³-hybridized carbons (Fsp3) is 0. The molecule has 4 aliphatic heterocycles. The van der Waals surface area contributed by atoms with Crippen molar-refractivity contribution in [1.29, 1.82) is 0 Å². The third kappa shape index (κ3) is 7.97. The minimum atomic E-state index is -0.204. The summed E-state index contributed by atoms with van der Waals surface area (Å²) in [7, 11) is 0. The van der Waals surface area contributed by atoms with Crippen molar-refractivity contribution in [3.63, 3.8) is 0 Å². The molecule has 0 bridgehead atoms. The molecule has 438 valence electrons. The fourth-order valence-electron chi connectivity index (χ4n) is 15.8. The van der Waals surface area contributed by atoms with E-state index >= 15 is 0 Å². The Hall–Kier alpha value is -11.6. The van der Waals surface area contributed by atoms with E-state index < -0.39 is 0 Å². The van der Waals surface area contributed by atoms with Gasteiger partial charge in [-0.3, -0.25) is 0 Å². The van der Waals surface area contributed by atoms with Crippen molar-refractivity contribution >= 4 is 195 Å². The standard InChI is InChI=1S/C84H53B2N5OS2/c1-6-26-54(27-7-1)87(55-28-8-2-9-29-55)60-50-75-83-77(51-60)92-76-44-21-19-40-65(76)86(83)67-52-66-71(53-72(67)91(75)69-42-25-47-80-81(69)63-37-17-23-46-79(63)93-80)90(58-34-14-5-15-35-58)74-49-59(48-73-82(74)85(66)64-39-18-20-41-68(64)89(73)57-32-12-4-13-33-57)88(56-30-10-3-11-31-56)70-43-24-38-62-61-36-16-22-45-78(61)94-84(62)70/h1-53H. The van der Waals surface area contributed by atoms with Crippen LogP contribution in [0, 0.1) is 0 Å². The summed E-state index contributed by atoms with van der Waals surface area (Å²) >= 11 is 3.72. The Morgan fingerprint density at radius 1 is 0.277 bits per heavy atom. The number of benzene rings is 14. The van der Waals surface area contributed by atoms with Crippen LogP contribution in [0.3, 0.4) is 0 Å². The molecule has 0 atom stereocenters. The number of thiophene rings is 2. The molecule has 0 N–H and O–H groups in total. The van der Waals surface area contributed by atoms with E-state index in [0.29, 0.717) is 0 Å². The largest absolute Gasteiger partial charge is 0.458 e. The fourth-order valence-corrected chi connectivity index (χ4v) is 18.1. The van der Waals surface area contributed by atoms with Gasteiger partial charge >= 0.3 is 0 Å². The van der Waals surface area contributed by atoms with Gasteiger partial charge in [0.2, 0.25) is 0 Å². The summed E-state index contributed by atoms with van der Waals surface area (Å²) in [6, 6.07) is 119. The van der Waals surface area contributed by atoms with E-state index in [2.05, 4.69) is 346 Å². The number of hydrogen-bond acceptors (Lipinski definition) is 8. The van der Waals surface area contributed by atoms with E-state index in [4.69, 9.17) is 4.74 Å². The van der Waals surface area contributed by atoms with Crippen molar-refractivity contribution in [2.75, 3.05) is 24.5 Å². The molecule has 0 spiro atoms. The predicted octanol–water partition coefficient (Wildman–Crippen LogP) is 19.8. The molecule has 6 nitrogen and oxygen atoms in total. The quantitative estimate of drug-likeness (QED) is 0.134. The van der Waals surface area contributed by atoms with Crippen LogP contribution in [0.5, 0.6) is 11.5 Å². The second-order valence-electron chi connectivity index (χ2n) is 24.7. The van der Waals surface area contributed by atoms with Crippen molar-refractivity contribution in [3.8, 4) is 11.5 Å². The maximum absolute atomic E-state index is 7.40. The molecule has 0 radical (unpaired) electrons. The van der Waals surface area contributed by atoms with Crippen LogP contribution < -0.4 is 62.0 Å². The Balaban J connectivity index is 0.915. The normalized spacial score (nSPS) is 13.1. The number of hydrogen-bond donors (Lipinski definition) is 0. The van der Waals surface area contributed by atoms with E-state index in [0.717, 1.165) is 108 Å². The highest BCUT2D eigenvalue weighted by molar-refractivity contribution is 7.26. The molecule has 0 saturated heterocycles. The number of para-hydroxylation sites is 7. The Labute approximate surface area is 553 Å². The Morgan fingerprint density at radius 2 is 0.755 bits per heavy atom. The number of rotatable bonds is 9. The molecule has 10 heteroatoms. The summed E-state index contributed by atoms with van der Waals surface area (Å²) in [6.07, 6.45) is 0. The van der Waals surface area contributed by atoms with Gasteiger partial charge in [0, 0.05) is 104 Å². The maximum atomic E-state index is 7.40. The molecule has 14 aromatic carbocycles. The lowest BCUT2D eigenvalue weighted by molar-refractivity contribution is 0.487. The summed E-state index contributed by atoms with van der Waals surface area (Å²) < 4.78 is 12.4. The average molecular weight is 1230 g/mol. The first-order valence-electron chi connectivity index (χ1n) is 32.1. The van der Waals surface area contributed by atoms with Crippen LogP contribution in [-0.2, 0) is 0 Å². The second kappa shape index (κ2) is 21.0. The van der Waals surface area contributed by atoms with Crippen LogP contribution in [0.25, 0.3) is 40.3 Å². The van der Waals surface area contributed by atoms with Gasteiger partial charge in [-0.15, -0.1) is 22.7 Å². The van der Waals surface area contributed by atoms with Gasteiger partial charge in [-0.25, -0.2) is 0 Å². The molecule has 0 amide bonds. The summed E-state index contributed by atoms with van der Waals surface area (Å²) in [5.41, 5.74) is 23.6. The van der Waals surface area contributed by atoms with E-state index in [1.54, 1.807) is 0 Å². The molecule has 94 heavy (non-hydrogen) atoms. The molecule has 6 heterocycles. The van der Waals surface area contributed by atoms with Gasteiger partial charge in [0.15, 0.2) is 0 Å². The lowest BCUT2D eigenvalue weighted by atomic mass is 9.30. The molecule has 0 fully saturated rings. The first-order chi connectivity index (χ1) is 46.7. The molecule has 0 saturated carbocycles. The number of nitrogens with zero attached hydrogens (tertiary/aromatic N) is 5. The third-order valence-corrected chi connectivity index (χ3v) is 21.9. The van der Waals surface area contributed by atoms with Crippen LogP contribution >= 0.6 is 22.7 Å². The van der Waals surface area contributed by atoms with Crippen LogP contribution in [0.15, 0.2) is 322 Å². The van der Waals surface area contributed by atoms with E-state index in [1.165, 1.54) is 62.2 Å². The number of ether oxygens (including phenoxy) is 1. The average Bonchev–Trinajstić information content (AvgIpc) is 0.934. The van der Waals surface area contributed by atoms with E-state index in [-0.39, 0.29) is 13.4 Å². The van der Waals surface area contributed by atoms with Crippen LogP contribution in [0.4, 0.5) is 85.3 Å². The SMILES string of the molecule is c1ccc(N(c2ccccc2)c2cc3c4c(c2)N(c2cccc5sc6ccccc6c25)c2cc5c(cc2B4c2ccccc2O3)B2c3ccccc3N(c3ccccc3)c3cc(N(c4ccccc4)c4cccc6c4sc4ccccc46)cc(c32)N5c2ccccc2)cc1. The Bertz CT molecular complexity index is 5690. The molecular formula is C84H53B2N5OS2. The third-order valence-electron chi connectivity index (χ3n) is 19.6. The molecule has 16 aromatic rings. The van der Waals surface area contributed by atoms with Crippen molar-refractivity contribution in [2.45, 2.75) is 0 Å². The monoisotopic (exact) mass is 1230 g/mol. The summed E-state index contributed by atoms with van der Waals surface area (Å²) in [4.78, 5) is 12.6. The first kappa shape index (κ1) is 53.1. The van der Waals surface area contributed by atoms with Gasteiger partial charge in [0.25, 0.3) is 13.4 Å². The number of anilines is 15. The zero-order valence-electron chi connectivity index (χ0n) is 50.7. The highest BCUT2D eigenvalue weighted by Crippen LogP contribution is 2.54. The molecule has 0 unspecified atom stereocenters. The van der Waals surface area contributed by atoms with Gasteiger partial charge in [-0.1, -0.05) is 188 Å². The summed E-state index contributed by atoms with van der Waals surface area (Å²) in [6.45, 7) is -0.391. The highest BCUT2D eigenvalue weighted by atomic mass is 32.1. The topological polar surface area (TPSA) is 25.4 Å². The second-order valence-corrected chi connectivity index (χ2v) is 26.8. The van der Waals surface area contributed by atoms with Crippen molar-refractivity contribution in [1.82, 2.24) is 0 Å². The van der Waals surface area contributed by atoms with Crippen LogP contribution in [0.2, 0.25) is 0 Å². The Morgan fingerprint density at radius 3 is 1.44 bits per heavy atom. The summed E-state index contributed by atoms with van der Waals surface area (Å²) in [5, 5.41) is 4.97. The summed E-state index contributed by atoms with van der Waals surface area (Å²) in [5.74, 6) is 1.70. The highest BCUT2D eigenvalue weighted by Gasteiger charge is 2.49. The zero-order valence-corrected chi connectivity index (χ0v) is 52.3. The molecule has 4 aliphatic rings.